The Morgan fingerprint density at radius 1 is 1.12 bits per heavy atom. The molecule has 0 bridgehead atoms. The van der Waals surface area contributed by atoms with Crippen molar-refractivity contribution < 1.29 is 4.74 Å². The summed E-state index contributed by atoms with van der Waals surface area (Å²) in [6.45, 7) is 2.97. The maximum atomic E-state index is 5.47. The number of aromatic nitrogens is 8. The molecule has 10 heteroatoms. The molecule has 4 aromatic rings. The molecule has 26 heavy (non-hydrogen) atoms. The molecule has 0 aliphatic carbocycles. The third kappa shape index (κ3) is 2.34. The first kappa shape index (κ1) is 15.0. The summed E-state index contributed by atoms with van der Waals surface area (Å²) in [6.07, 6.45) is 3.46. The topological polar surface area (TPSA) is 102 Å². The largest absolute Gasteiger partial charge is 0.378 e. The quantitative estimate of drug-likeness (QED) is 0.581. The molecule has 0 radical (unpaired) electrons. The van der Waals surface area contributed by atoms with Crippen molar-refractivity contribution in [3.8, 4) is 22.8 Å². The van der Waals surface area contributed by atoms with Crippen molar-refractivity contribution in [3.05, 3.63) is 30.6 Å². The number of hydrogen-bond donors (Lipinski definition) is 1. The Morgan fingerprint density at radius 2 is 2.00 bits per heavy atom. The zero-order valence-electron chi connectivity index (χ0n) is 14.2. The van der Waals surface area contributed by atoms with E-state index in [0.717, 1.165) is 35.9 Å². The zero-order valence-corrected chi connectivity index (χ0v) is 14.2. The Balaban J connectivity index is 1.75. The van der Waals surface area contributed by atoms with Crippen LogP contribution in [0.25, 0.3) is 28.4 Å². The number of nitrogens with one attached hydrogen (secondary N) is 1. The third-order valence-corrected chi connectivity index (χ3v) is 4.53. The zero-order chi connectivity index (χ0) is 17.5. The average Bonchev–Trinajstić information content (AvgIpc) is 3.41. The second-order valence-corrected chi connectivity index (χ2v) is 6.09. The average molecular weight is 351 g/mol. The van der Waals surface area contributed by atoms with E-state index in [4.69, 9.17) is 9.84 Å². The molecule has 1 aliphatic rings. The molecule has 1 saturated heterocycles. The fourth-order valence-corrected chi connectivity index (χ4v) is 3.19. The van der Waals surface area contributed by atoms with Gasteiger partial charge >= 0.3 is 0 Å². The van der Waals surface area contributed by atoms with Crippen LogP contribution in [0.4, 0.5) is 5.82 Å². The summed E-state index contributed by atoms with van der Waals surface area (Å²) in [7, 11) is 1.91. The Labute approximate surface area is 148 Å². The second-order valence-electron chi connectivity index (χ2n) is 6.09. The van der Waals surface area contributed by atoms with Crippen LogP contribution >= 0.6 is 0 Å². The molecule has 0 spiro atoms. The molecule has 0 aromatic carbocycles. The van der Waals surface area contributed by atoms with E-state index < -0.39 is 0 Å². The smallest absolute Gasteiger partial charge is 0.203 e. The number of hydrogen-bond acceptors (Lipinski definition) is 7. The number of anilines is 1. The first-order valence-corrected chi connectivity index (χ1v) is 8.38. The van der Waals surface area contributed by atoms with Gasteiger partial charge in [-0.1, -0.05) is 0 Å². The molecule has 0 unspecified atom stereocenters. The van der Waals surface area contributed by atoms with Crippen molar-refractivity contribution in [3.63, 3.8) is 0 Å². The van der Waals surface area contributed by atoms with Crippen molar-refractivity contribution in [2.24, 2.45) is 7.05 Å². The molecule has 1 aliphatic heterocycles. The molecule has 132 valence electrons. The van der Waals surface area contributed by atoms with Gasteiger partial charge in [-0.3, -0.25) is 9.78 Å². The van der Waals surface area contributed by atoms with E-state index in [2.05, 4.69) is 30.4 Å². The highest BCUT2D eigenvalue weighted by atomic mass is 16.5. The van der Waals surface area contributed by atoms with Gasteiger partial charge in [0.25, 0.3) is 0 Å². The lowest BCUT2D eigenvalue weighted by Crippen LogP contribution is -2.37. The fraction of sp³-hybridized carbons (Fsp3) is 0.312. The van der Waals surface area contributed by atoms with Crippen LogP contribution in [0.15, 0.2) is 30.6 Å². The predicted octanol–water partition coefficient (Wildman–Crippen LogP) is 0.751. The number of nitrogens with zero attached hydrogens (tertiary/aromatic N) is 8. The first-order valence-electron chi connectivity index (χ1n) is 8.38. The van der Waals surface area contributed by atoms with E-state index in [0.29, 0.717) is 24.7 Å². The van der Waals surface area contributed by atoms with Gasteiger partial charge < -0.3 is 9.64 Å². The predicted molar refractivity (Wildman–Crippen MR) is 93.6 cm³/mol. The molecule has 5 rings (SSSR count). The van der Waals surface area contributed by atoms with Crippen LogP contribution in [-0.2, 0) is 11.8 Å². The number of H-pyrrole nitrogens is 1. The minimum Gasteiger partial charge on any atom is -0.378 e. The van der Waals surface area contributed by atoms with E-state index in [-0.39, 0.29) is 0 Å². The van der Waals surface area contributed by atoms with Crippen LogP contribution in [-0.4, -0.2) is 66.1 Å². The van der Waals surface area contributed by atoms with Gasteiger partial charge in [0.05, 0.1) is 24.5 Å². The third-order valence-electron chi connectivity index (χ3n) is 4.53. The Morgan fingerprint density at radius 3 is 2.73 bits per heavy atom. The van der Waals surface area contributed by atoms with Crippen LogP contribution < -0.4 is 4.90 Å². The molecular formula is C16H17N9O. The Kier molecular flexibility index (Phi) is 3.42. The minimum absolute atomic E-state index is 0.621. The number of rotatable bonds is 3. The number of aromatic amines is 1. The Bertz CT molecular complexity index is 1040. The van der Waals surface area contributed by atoms with Crippen molar-refractivity contribution in [1.29, 1.82) is 0 Å². The first-order chi connectivity index (χ1) is 12.8. The molecule has 0 amide bonds. The highest BCUT2D eigenvalue weighted by Crippen LogP contribution is 2.29. The summed E-state index contributed by atoms with van der Waals surface area (Å²) in [5.74, 6) is 1.48. The van der Waals surface area contributed by atoms with E-state index in [1.807, 2.05) is 29.9 Å². The summed E-state index contributed by atoms with van der Waals surface area (Å²) in [6, 6.07) is 5.86. The van der Waals surface area contributed by atoms with Gasteiger partial charge in [-0.05, 0) is 18.2 Å². The van der Waals surface area contributed by atoms with Crippen LogP contribution in [0.3, 0.4) is 0 Å². The van der Waals surface area contributed by atoms with E-state index in [1.54, 1.807) is 16.9 Å². The van der Waals surface area contributed by atoms with Gasteiger partial charge in [0, 0.05) is 32.5 Å². The van der Waals surface area contributed by atoms with Gasteiger partial charge in [0.2, 0.25) is 5.82 Å². The summed E-state index contributed by atoms with van der Waals surface area (Å²) < 4.78 is 9.06. The Hall–Kier alpha value is -3.27. The number of fused-ring (bicyclic) bond motifs is 1. The monoisotopic (exact) mass is 351 g/mol. The maximum Gasteiger partial charge on any atom is 0.203 e. The number of aryl methyl sites for hydroxylation is 1. The van der Waals surface area contributed by atoms with Crippen molar-refractivity contribution >= 4 is 11.5 Å². The van der Waals surface area contributed by atoms with E-state index in [9.17, 15) is 0 Å². The second kappa shape index (κ2) is 5.92. The van der Waals surface area contributed by atoms with Gasteiger partial charge in [-0.15, -0.1) is 15.3 Å². The van der Waals surface area contributed by atoms with Gasteiger partial charge in [-0.25, -0.2) is 0 Å². The number of morpholine rings is 1. The fourth-order valence-electron chi connectivity index (χ4n) is 3.19. The molecule has 4 aromatic heterocycles. The SMILES string of the molecule is Cn1nccc1-c1cc(N2CCOCC2)nn2c(-c3ccn[nH]3)nnc12. The molecule has 1 fully saturated rings. The van der Waals surface area contributed by atoms with Gasteiger partial charge in [-0.2, -0.15) is 14.7 Å². The summed E-state index contributed by atoms with van der Waals surface area (Å²) in [5, 5.41) is 24.7. The highest BCUT2D eigenvalue weighted by molar-refractivity contribution is 5.78. The van der Waals surface area contributed by atoms with Crippen molar-refractivity contribution in [2.45, 2.75) is 0 Å². The highest BCUT2D eigenvalue weighted by Gasteiger charge is 2.21. The van der Waals surface area contributed by atoms with Crippen molar-refractivity contribution in [1.82, 2.24) is 39.8 Å². The van der Waals surface area contributed by atoms with Crippen LogP contribution in [0.2, 0.25) is 0 Å². The lowest BCUT2D eigenvalue weighted by atomic mass is 10.2. The van der Waals surface area contributed by atoms with Crippen molar-refractivity contribution in [2.75, 3.05) is 31.2 Å². The van der Waals surface area contributed by atoms with Crippen LogP contribution in [0, 0.1) is 0 Å². The maximum absolute atomic E-state index is 5.47. The molecular weight excluding hydrogens is 334 g/mol. The van der Waals surface area contributed by atoms with Crippen LogP contribution in [0.1, 0.15) is 0 Å². The lowest BCUT2D eigenvalue weighted by Gasteiger charge is -2.28. The minimum atomic E-state index is 0.621. The lowest BCUT2D eigenvalue weighted by molar-refractivity contribution is 0.122. The molecule has 10 nitrogen and oxygen atoms in total. The molecule has 1 N–H and O–H groups in total. The van der Waals surface area contributed by atoms with Gasteiger partial charge in [0.15, 0.2) is 11.5 Å². The van der Waals surface area contributed by atoms with E-state index >= 15 is 0 Å². The van der Waals surface area contributed by atoms with Crippen LogP contribution in [0.5, 0.6) is 0 Å². The number of ether oxygens (including phenoxy) is 1. The molecule has 0 atom stereocenters. The standard InChI is InChI=1S/C16H17N9O/c1-23-13(3-5-18-23)11-10-14(24-6-8-26-9-7-24)22-25-15(11)20-21-16(25)12-2-4-17-19-12/h2-5,10H,6-9H2,1H3,(H,17,19). The van der Waals surface area contributed by atoms with E-state index in [1.165, 1.54) is 0 Å². The molecule has 5 heterocycles. The van der Waals surface area contributed by atoms with Gasteiger partial charge in [0.1, 0.15) is 5.69 Å². The molecule has 0 saturated carbocycles. The summed E-state index contributed by atoms with van der Waals surface area (Å²) in [5.41, 5.74) is 3.32. The summed E-state index contributed by atoms with van der Waals surface area (Å²) in [4.78, 5) is 2.21. The normalized spacial score (nSPS) is 15.0. The summed E-state index contributed by atoms with van der Waals surface area (Å²) >= 11 is 0.